The van der Waals surface area contributed by atoms with E-state index in [-0.39, 0.29) is 11.1 Å². The maximum absolute atomic E-state index is 13.1. The van der Waals surface area contributed by atoms with Gasteiger partial charge in [0.25, 0.3) is 5.91 Å². The number of aromatic nitrogens is 2. The van der Waals surface area contributed by atoms with Crippen molar-refractivity contribution in [2.45, 2.75) is 0 Å². The molecule has 3 aromatic carbocycles. The quantitative estimate of drug-likeness (QED) is 0.187. The topological polar surface area (TPSA) is 94.6 Å². The Kier molecular flexibility index (Phi) is 7.67. The van der Waals surface area contributed by atoms with Crippen LogP contribution in [0.2, 0.25) is 10.2 Å². The smallest absolute Gasteiger partial charge is 0.259 e. The molecule has 0 aliphatic carbocycles. The fourth-order valence-corrected chi connectivity index (χ4v) is 4.25. The minimum atomic E-state index is -0.362. The van der Waals surface area contributed by atoms with Crippen molar-refractivity contribution in [2.24, 2.45) is 0 Å². The minimum Gasteiger partial charge on any atom is -0.493 e. The minimum absolute atomic E-state index is 0.247. The van der Waals surface area contributed by atoms with Gasteiger partial charge in [-0.3, -0.25) is 9.78 Å². The van der Waals surface area contributed by atoms with Crippen molar-refractivity contribution >= 4 is 57.1 Å². The monoisotopic (exact) mass is 560 g/mol. The molecule has 5 rings (SSSR count). The highest BCUT2D eigenvalue weighted by molar-refractivity contribution is 6.31. The van der Waals surface area contributed by atoms with Gasteiger partial charge in [0.15, 0.2) is 11.5 Å². The number of carbonyl (C=O) groups is 1. The summed E-state index contributed by atoms with van der Waals surface area (Å²) < 4.78 is 16.9. The molecule has 0 aliphatic rings. The fourth-order valence-electron chi connectivity index (χ4n) is 3.90. The molecule has 5 aromatic rings. The van der Waals surface area contributed by atoms with Gasteiger partial charge in [-0.05, 0) is 60.7 Å². The number of ether oxygens (including phenoxy) is 3. The summed E-state index contributed by atoms with van der Waals surface area (Å²) in [7, 11) is 3.15. The number of hydrogen-bond donors (Lipinski definition) is 2. The van der Waals surface area contributed by atoms with Crippen LogP contribution in [-0.4, -0.2) is 30.1 Å². The first-order valence-corrected chi connectivity index (χ1v) is 12.5. The predicted octanol–water partition coefficient (Wildman–Crippen LogP) is 7.74. The molecule has 196 valence electrons. The Hall–Kier alpha value is -4.53. The van der Waals surface area contributed by atoms with Crippen LogP contribution in [0.5, 0.6) is 23.0 Å². The molecule has 0 aliphatic heterocycles. The van der Waals surface area contributed by atoms with Crippen molar-refractivity contribution in [1.82, 2.24) is 9.97 Å². The highest BCUT2D eigenvalue weighted by atomic mass is 35.5. The predicted molar refractivity (Wildman–Crippen MR) is 153 cm³/mol. The second-order valence-corrected chi connectivity index (χ2v) is 9.13. The Balaban J connectivity index is 1.33. The van der Waals surface area contributed by atoms with Crippen molar-refractivity contribution in [2.75, 3.05) is 24.9 Å². The van der Waals surface area contributed by atoms with Gasteiger partial charge in [0.2, 0.25) is 0 Å². The Morgan fingerprint density at radius 2 is 1.59 bits per heavy atom. The van der Waals surface area contributed by atoms with E-state index in [4.69, 9.17) is 37.4 Å². The van der Waals surface area contributed by atoms with E-state index >= 15 is 0 Å². The largest absolute Gasteiger partial charge is 0.493 e. The zero-order valence-electron chi connectivity index (χ0n) is 20.9. The van der Waals surface area contributed by atoms with Gasteiger partial charge in [-0.15, -0.1) is 0 Å². The van der Waals surface area contributed by atoms with Crippen molar-refractivity contribution in [1.29, 1.82) is 0 Å². The first-order valence-electron chi connectivity index (χ1n) is 11.7. The van der Waals surface area contributed by atoms with E-state index in [2.05, 4.69) is 20.6 Å². The second kappa shape index (κ2) is 11.5. The molecule has 8 nitrogen and oxygen atoms in total. The van der Waals surface area contributed by atoms with Crippen LogP contribution in [0.1, 0.15) is 10.4 Å². The summed E-state index contributed by atoms with van der Waals surface area (Å²) in [5.74, 6) is 1.96. The molecule has 0 unspecified atom stereocenters. The lowest BCUT2D eigenvalue weighted by Gasteiger charge is -2.14. The second-order valence-electron chi connectivity index (χ2n) is 8.30. The first-order chi connectivity index (χ1) is 18.9. The third kappa shape index (κ3) is 5.98. The van der Waals surface area contributed by atoms with E-state index in [1.807, 2.05) is 12.1 Å². The summed E-state index contributed by atoms with van der Waals surface area (Å²) in [6.07, 6.45) is 3.08. The molecule has 0 bridgehead atoms. The van der Waals surface area contributed by atoms with Crippen molar-refractivity contribution in [3.63, 3.8) is 0 Å². The van der Waals surface area contributed by atoms with Crippen molar-refractivity contribution in [3.8, 4) is 23.0 Å². The molecule has 2 heterocycles. The Bertz CT molecular complexity index is 1660. The molecule has 0 spiro atoms. The van der Waals surface area contributed by atoms with E-state index < -0.39 is 0 Å². The molecule has 1 amide bonds. The lowest BCUT2D eigenvalue weighted by atomic mass is 10.1. The molecule has 0 atom stereocenters. The number of anilines is 3. The molecule has 2 N–H and O–H groups in total. The molecular weight excluding hydrogens is 539 g/mol. The van der Waals surface area contributed by atoms with E-state index in [9.17, 15) is 4.79 Å². The zero-order chi connectivity index (χ0) is 27.4. The number of methoxy groups -OCH3 is 2. The molecule has 10 heteroatoms. The molecule has 0 saturated heterocycles. The zero-order valence-corrected chi connectivity index (χ0v) is 22.4. The average molecular weight is 561 g/mol. The van der Waals surface area contributed by atoms with Gasteiger partial charge < -0.3 is 24.8 Å². The number of carbonyl (C=O) groups excluding carboxylic acids is 1. The van der Waals surface area contributed by atoms with Crippen LogP contribution in [0.3, 0.4) is 0 Å². The number of fused-ring (bicyclic) bond motifs is 1. The molecular formula is C29H22Cl2N4O4. The number of benzene rings is 3. The Labute approximate surface area is 234 Å². The Morgan fingerprint density at radius 1 is 0.821 bits per heavy atom. The van der Waals surface area contributed by atoms with Crippen LogP contribution in [-0.2, 0) is 0 Å². The number of pyridine rings is 2. The van der Waals surface area contributed by atoms with Gasteiger partial charge >= 0.3 is 0 Å². The van der Waals surface area contributed by atoms with Crippen molar-refractivity contribution in [3.05, 3.63) is 101 Å². The number of amides is 1. The number of nitrogens with one attached hydrogen (secondary N) is 2. The number of halogens is 2. The third-order valence-electron chi connectivity index (χ3n) is 5.77. The van der Waals surface area contributed by atoms with Gasteiger partial charge in [0, 0.05) is 40.2 Å². The molecule has 39 heavy (non-hydrogen) atoms. The summed E-state index contributed by atoms with van der Waals surface area (Å²) in [5.41, 5.74) is 2.79. The van der Waals surface area contributed by atoms with Gasteiger partial charge in [-0.25, -0.2) is 4.98 Å². The van der Waals surface area contributed by atoms with Crippen molar-refractivity contribution < 1.29 is 19.0 Å². The van der Waals surface area contributed by atoms with Crippen LogP contribution < -0.4 is 24.8 Å². The fraction of sp³-hybridized carbons (Fsp3) is 0.0690. The Morgan fingerprint density at radius 3 is 2.33 bits per heavy atom. The molecule has 0 fully saturated rings. The summed E-state index contributed by atoms with van der Waals surface area (Å²) >= 11 is 12.2. The maximum Gasteiger partial charge on any atom is 0.259 e. The lowest BCUT2D eigenvalue weighted by molar-refractivity contribution is 0.102. The van der Waals surface area contributed by atoms with E-state index in [1.165, 1.54) is 6.20 Å². The van der Waals surface area contributed by atoms with Crippen LogP contribution in [0, 0.1) is 0 Å². The van der Waals surface area contributed by atoms with E-state index in [1.54, 1.807) is 81.1 Å². The highest BCUT2D eigenvalue weighted by Crippen LogP contribution is 2.37. The number of rotatable bonds is 8. The summed E-state index contributed by atoms with van der Waals surface area (Å²) in [4.78, 5) is 21.6. The van der Waals surface area contributed by atoms with Gasteiger partial charge in [0.1, 0.15) is 16.7 Å². The van der Waals surface area contributed by atoms with Crippen LogP contribution in [0.25, 0.3) is 10.9 Å². The van der Waals surface area contributed by atoms with Gasteiger partial charge in [-0.1, -0.05) is 29.3 Å². The van der Waals surface area contributed by atoms with E-state index in [0.717, 1.165) is 5.39 Å². The lowest BCUT2D eigenvalue weighted by Crippen LogP contribution is -2.14. The summed E-state index contributed by atoms with van der Waals surface area (Å²) in [6.45, 7) is 0. The van der Waals surface area contributed by atoms with Gasteiger partial charge in [-0.2, -0.15) is 0 Å². The van der Waals surface area contributed by atoms with Crippen LogP contribution >= 0.6 is 23.2 Å². The first kappa shape index (κ1) is 26.1. The van der Waals surface area contributed by atoms with Gasteiger partial charge in [0.05, 0.1) is 31.0 Å². The molecule has 2 aromatic heterocycles. The van der Waals surface area contributed by atoms with E-state index in [0.29, 0.717) is 56.2 Å². The number of hydrogen-bond acceptors (Lipinski definition) is 7. The third-order valence-corrected chi connectivity index (χ3v) is 6.21. The van der Waals surface area contributed by atoms with Crippen LogP contribution in [0.4, 0.5) is 17.1 Å². The highest BCUT2D eigenvalue weighted by Gasteiger charge is 2.15. The maximum atomic E-state index is 13.1. The SMILES string of the molecule is COc1cc2nccc(Oc3ccc(NC(=O)c4cnc(Cl)cc4Nc4cccc(Cl)c4)cc3)c2cc1OC. The normalized spacial score (nSPS) is 10.7. The van der Waals surface area contributed by atoms with Crippen LogP contribution in [0.15, 0.2) is 85.2 Å². The average Bonchev–Trinajstić information content (AvgIpc) is 2.93. The summed E-state index contributed by atoms with van der Waals surface area (Å²) in [5, 5.41) is 7.63. The number of nitrogens with zero attached hydrogens (tertiary/aromatic N) is 2. The molecule has 0 saturated carbocycles. The standard InChI is InChI=1S/C29H22Cl2N4O4/c1-37-26-13-21-23(14-27(26)38-2)32-11-10-25(21)39-20-8-6-18(7-9-20)35-29(36)22-16-33-28(31)15-24(22)34-19-5-3-4-17(30)12-19/h3-16H,1-2H3,(H,33,34)(H,35,36). The summed E-state index contributed by atoms with van der Waals surface area (Å²) in [6, 6.07) is 21.1. The molecule has 0 radical (unpaired) electrons.